The third kappa shape index (κ3) is 3.18. The quantitative estimate of drug-likeness (QED) is 0.671. The van der Waals surface area contributed by atoms with E-state index in [9.17, 15) is 18.0 Å². The summed E-state index contributed by atoms with van der Waals surface area (Å²) in [4.78, 5) is 25.0. The largest absolute Gasteiger partial charge is 0.399 e. The minimum atomic E-state index is -4.12. The Bertz CT molecular complexity index is 1180. The number of aryl methyl sites for hydroxylation is 2. The van der Waals surface area contributed by atoms with Crippen LogP contribution in [0.15, 0.2) is 58.2 Å². The van der Waals surface area contributed by atoms with Gasteiger partial charge in [0.1, 0.15) is 0 Å². The number of hydrogen-bond acceptors (Lipinski definition) is 5. The average Bonchev–Trinajstić information content (AvgIpc) is 2.56. The summed E-state index contributed by atoms with van der Waals surface area (Å²) in [5.41, 5.74) is 6.91. The zero-order valence-electron chi connectivity index (χ0n) is 14.2. The van der Waals surface area contributed by atoms with Gasteiger partial charge in [-0.1, -0.05) is 23.8 Å². The molecule has 1 aromatic heterocycles. The van der Waals surface area contributed by atoms with E-state index in [-0.39, 0.29) is 10.4 Å². The Balaban J connectivity index is 2.10. The highest BCUT2D eigenvalue weighted by Gasteiger charge is 2.21. The highest BCUT2D eigenvalue weighted by Crippen LogP contribution is 2.17. The molecule has 134 valence electrons. The fraction of sp³-hybridized carbons (Fsp3) is 0.111. The first-order chi connectivity index (χ1) is 12.2. The van der Waals surface area contributed by atoms with Gasteiger partial charge in [-0.25, -0.2) is 22.5 Å². The number of fused-ring (bicyclic) bond motifs is 1. The minimum Gasteiger partial charge on any atom is -0.399 e. The zero-order chi connectivity index (χ0) is 19.1. The summed E-state index contributed by atoms with van der Waals surface area (Å²) in [5.74, 6) is 0. The van der Waals surface area contributed by atoms with E-state index in [4.69, 9.17) is 5.73 Å². The number of amides is 1. The molecule has 0 unspecified atom stereocenters. The Kier molecular flexibility index (Phi) is 4.29. The third-order valence-electron chi connectivity index (χ3n) is 3.96. The molecule has 1 amide bonds. The molecule has 0 bridgehead atoms. The van der Waals surface area contributed by atoms with Crippen molar-refractivity contribution < 1.29 is 13.2 Å². The van der Waals surface area contributed by atoms with Crippen molar-refractivity contribution in [3.63, 3.8) is 0 Å². The maximum atomic E-state index is 12.6. The number of nitrogens with zero attached hydrogens (tertiary/aromatic N) is 1. The number of pyridine rings is 1. The highest BCUT2D eigenvalue weighted by atomic mass is 32.2. The lowest BCUT2D eigenvalue weighted by atomic mass is 10.1. The summed E-state index contributed by atoms with van der Waals surface area (Å²) in [5, 5.41) is 0.596. The molecule has 0 saturated heterocycles. The summed E-state index contributed by atoms with van der Waals surface area (Å²) in [6.07, 6.45) is 0. The summed E-state index contributed by atoms with van der Waals surface area (Å²) in [7, 11) is -4.12. The smallest absolute Gasteiger partial charge is 0.342 e. The van der Waals surface area contributed by atoms with Crippen molar-refractivity contribution >= 4 is 32.6 Å². The SMILES string of the molecule is Cc1ccc(S(=O)(=O)NC(=O)n2c(=O)c(C)cc3ccc(N)cc32)cc1. The van der Waals surface area contributed by atoms with Gasteiger partial charge in [0.15, 0.2) is 0 Å². The highest BCUT2D eigenvalue weighted by molar-refractivity contribution is 7.90. The number of anilines is 1. The van der Waals surface area contributed by atoms with Crippen LogP contribution >= 0.6 is 0 Å². The number of carbonyl (C=O) groups is 1. The number of nitrogens with one attached hydrogen (secondary N) is 1. The molecule has 3 rings (SSSR count). The molecule has 0 spiro atoms. The van der Waals surface area contributed by atoms with E-state index in [1.165, 1.54) is 18.2 Å². The number of rotatable bonds is 2. The molecule has 26 heavy (non-hydrogen) atoms. The Hall–Kier alpha value is -3.13. The monoisotopic (exact) mass is 371 g/mol. The van der Waals surface area contributed by atoms with Gasteiger partial charge >= 0.3 is 6.03 Å². The molecular weight excluding hydrogens is 354 g/mol. The van der Waals surface area contributed by atoms with Crippen molar-refractivity contribution in [2.45, 2.75) is 18.7 Å². The van der Waals surface area contributed by atoms with Gasteiger partial charge in [-0.2, -0.15) is 0 Å². The standard InChI is InChI=1S/C18H17N3O4S/c1-11-3-7-15(8-4-11)26(24,25)20-18(23)21-16-10-14(19)6-5-13(16)9-12(2)17(21)22/h3-10H,19H2,1-2H3,(H,20,23). The van der Waals surface area contributed by atoms with Crippen LogP contribution in [0.25, 0.3) is 10.9 Å². The van der Waals surface area contributed by atoms with Gasteiger partial charge in [0.05, 0.1) is 10.4 Å². The van der Waals surface area contributed by atoms with Crippen molar-refractivity contribution in [3.8, 4) is 0 Å². The molecule has 7 nitrogen and oxygen atoms in total. The van der Waals surface area contributed by atoms with Crippen molar-refractivity contribution in [1.29, 1.82) is 0 Å². The van der Waals surface area contributed by atoms with Crippen LogP contribution in [-0.2, 0) is 10.0 Å². The first-order valence-electron chi connectivity index (χ1n) is 7.75. The van der Waals surface area contributed by atoms with Gasteiger partial charge in [-0.3, -0.25) is 4.79 Å². The van der Waals surface area contributed by atoms with Gasteiger partial charge in [-0.05, 0) is 49.6 Å². The average molecular weight is 371 g/mol. The first kappa shape index (κ1) is 17.7. The molecule has 1 heterocycles. The van der Waals surface area contributed by atoms with Gasteiger partial charge in [0, 0.05) is 11.3 Å². The Morgan fingerprint density at radius 3 is 2.35 bits per heavy atom. The number of sulfonamides is 1. The maximum absolute atomic E-state index is 12.6. The number of benzene rings is 2. The van der Waals surface area contributed by atoms with Gasteiger partial charge < -0.3 is 5.73 Å². The predicted molar refractivity (Wildman–Crippen MR) is 99.7 cm³/mol. The molecular formula is C18H17N3O4S. The number of hydrogen-bond donors (Lipinski definition) is 2. The second kappa shape index (κ2) is 6.30. The van der Waals surface area contributed by atoms with E-state index >= 15 is 0 Å². The van der Waals surface area contributed by atoms with E-state index in [0.717, 1.165) is 10.1 Å². The predicted octanol–water partition coefficient (Wildman–Crippen LogP) is 2.15. The molecule has 0 aliphatic rings. The Morgan fingerprint density at radius 2 is 1.69 bits per heavy atom. The number of carbonyl (C=O) groups excluding carboxylic acids is 1. The first-order valence-corrected chi connectivity index (χ1v) is 9.23. The third-order valence-corrected chi connectivity index (χ3v) is 5.30. The van der Waals surface area contributed by atoms with Crippen LogP contribution in [0.5, 0.6) is 0 Å². The van der Waals surface area contributed by atoms with Crippen molar-refractivity contribution in [3.05, 3.63) is 70.0 Å². The van der Waals surface area contributed by atoms with Crippen LogP contribution in [0, 0.1) is 13.8 Å². The molecule has 0 aliphatic heterocycles. The molecule has 0 fully saturated rings. The van der Waals surface area contributed by atoms with Gasteiger partial charge in [0.25, 0.3) is 15.6 Å². The van der Waals surface area contributed by atoms with Crippen LogP contribution in [0.1, 0.15) is 11.1 Å². The van der Waals surface area contributed by atoms with Gasteiger partial charge in [-0.15, -0.1) is 0 Å². The van der Waals surface area contributed by atoms with E-state index in [2.05, 4.69) is 0 Å². The van der Waals surface area contributed by atoms with Crippen molar-refractivity contribution in [2.75, 3.05) is 5.73 Å². The lowest BCUT2D eigenvalue weighted by molar-refractivity contribution is 0.247. The fourth-order valence-corrected chi connectivity index (χ4v) is 3.53. The molecule has 0 aliphatic carbocycles. The summed E-state index contributed by atoms with van der Waals surface area (Å²) in [6, 6.07) is 11.3. The maximum Gasteiger partial charge on any atom is 0.342 e. The second-order valence-corrected chi connectivity index (χ2v) is 7.69. The van der Waals surface area contributed by atoms with Crippen molar-refractivity contribution in [2.24, 2.45) is 0 Å². The number of nitrogen functional groups attached to an aromatic ring is 1. The van der Waals surface area contributed by atoms with Crippen molar-refractivity contribution in [1.82, 2.24) is 9.29 Å². The van der Waals surface area contributed by atoms with Crippen LogP contribution in [-0.4, -0.2) is 19.0 Å². The van der Waals surface area contributed by atoms with Crippen LogP contribution < -0.4 is 16.0 Å². The molecule has 3 N–H and O–H groups in total. The molecule has 8 heteroatoms. The fourth-order valence-electron chi connectivity index (χ4n) is 2.60. The molecule has 0 atom stereocenters. The van der Waals surface area contributed by atoms with Gasteiger partial charge in [0.2, 0.25) is 0 Å². The lowest BCUT2D eigenvalue weighted by Gasteiger charge is -2.12. The molecule has 3 aromatic rings. The van der Waals surface area contributed by atoms with Crippen LogP contribution in [0.3, 0.4) is 0 Å². The Morgan fingerprint density at radius 1 is 1.04 bits per heavy atom. The number of aromatic nitrogens is 1. The Labute approximate surface area is 150 Å². The summed E-state index contributed by atoms with van der Waals surface area (Å²) >= 11 is 0. The van der Waals surface area contributed by atoms with Crippen LogP contribution in [0.2, 0.25) is 0 Å². The summed E-state index contributed by atoms with van der Waals surface area (Å²) < 4.78 is 27.6. The normalized spacial score (nSPS) is 11.5. The second-order valence-electron chi connectivity index (χ2n) is 6.01. The lowest BCUT2D eigenvalue weighted by Crippen LogP contribution is -2.40. The minimum absolute atomic E-state index is 0.0685. The van der Waals surface area contributed by atoms with E-state index in [0.29, 0.717) is 16.6 Å². The van der Waals surface area contributed by atoms with E-state index in [1.807, 2.05) is 11.6 Å². The number of nitrogens with two attached hydrogens (primary N) is 1. The zero-order valence-corrected chi connectivity index (χ0v) is 15.0. The topological polar surface area (TPSA) is 111 Å². The van der Waals surface area contributed by atoms with E-state index < -0.39 is 21.6 Å². The van der Waals surface area contributed by atoms with E-state index in [1.54, 1.807) is 37.3 Å². The molecule has 2 aromatic carbocycles. The van der Waals surface area contributed by atoms with Crippen LogP contribution in [0.4, 0.5) is 10.5 Å². The molecule has 0 radical (unpaired) electrons. The summed E-state index contributed by atoms with van der Waals surface area (Å²) in [6.45, 7) is 3.37. The molecule has 0 saturated carbocycles.